The molecule has 0 aliphatic carbocycles. The van der Waals surface area contributed by atoms with Gasteiger partial charge in [0.1, 0.15) is 0 Å². The van der Waals surface area contributed by atoms with Gasteiger partial charge in [0.05, 0.1) is 23.6 Å². The monoisotopic (exact) mass is 512 g/mol. The predicted molar refractivity (Wildman–Crippen MR) is 125 cm³/mol. The van der Waals surface area contributed by atoms with Gasteiger partial charge in [-0.25, -0.2) is 4.79 Å². The Morgan fingerprint density at radius 1 is 1.29 bits per heavy atom. The smallest absolute Gasteiger partial charge is 0.475 e. The van der Waals surface area contributed by atoms with E-state index in [1.165, 1.54) is 10.1 Å². The summed E-state index contributed by atoms with van der Waals surface area (Å²) in [5, 5.41) is 11.3. The van der Waals surface area contributed by atoms with Gasteiger partial charge in [-0.2, -0.15) is 13.2 Å². The number of carboxylic acids is 1. The van der Waals surface area contributed by atoms with E-state index in [1.807, 2.05) is 36.4 Å². The molecule has 1 atom stereocenters. The first-order valence-electron chi connectivity index (χ1n) is 9.94. The van der Waals surface area contributed by atoms with E-state index in [2.05, 4.69) is 21.4 Å². The Balaban J connectivity index is 0.000000162. The number of likely N-dealkylation sites (tertiary alicyclic amines) is 1. The summed E-state index contributed by atoms with van der Waals surface area (Å²) in [6.45, 7) is 1.33. The number of aromatic nitrogens is 2. The van der Waals surface area contributed by atoms with Crippen molar-refractivity contribution in [3.63, 3.8) is 0 Å². The second kappa shape index (κ2) is 10.9. The van der Waals surface area contributed by atoms with E-state index >= 15 is 0 Å². The lowest BCUT2D eigenvalue weighted by atomic mass is 10.3. The van der Waals surface area contributed by atoms with Gasteiger partial charge < -0.3 is 20.7 Å². The molecule has 5 rings (SSSR count). The van der Waals surface area contributed by atoms with Gasteiger partial charge in [-0.15, -0.1) is 11.3 Å². The molecule has 1 aliphatic rings. The van der Waals surface area contributed by atoms with Crippen molar-refractivity contribution in [3.05, 3.63) is 64.8 Å². The van der Waals surface area contributed by atoms with Gasteiger partial charge in [-0.05, 0) is 53.6 Å². The Labute approximate surface area is 200 Å². The van der Waals surface area contributed by atoms with Gasteiger partial charge in [0.25, 0.3) is 0 Å². The van der Waals surface area contributed by atoms with Crippen LogP contribution in [0.4, 0.5) is 13.2 Å². The number of H-pyrrole nitrogens is 1. The third kappa shape index (κ3) is 6.69. The Hall–Kier alpha value is -3.15. The minimum Gasteiger partial charge on any atom is -0.475 e. The number of nitrogens with two attached hydrogens (primary N) is 1. The zero-order chi connectivity index (χ0) is 24.9. The molecule has 3 aromatic heterocycles. The Kier molecular flexibility index (Phi) is 8.13. The van der Waals surface area contributed by atoms with E-state index in [0.29, 0.717) is 6.54 Å². The summed E-state index contributed by atoms with van der Waals surface area (Å²) >= 11 is 7.50. The number of alkyl halides is 3. The number of rotatable bonds is 2. The molecule has 0 unspecified atom stereocenters. The summed E-state index contributed by atoms with van der Waals surface area (Å²) in [6, 6.07) is 13.6. The highest BCUT2D eigenvalue weighted by molar-refractivity contribution is 7.17. The summed E-state index contributed by atoms with van der Waals surface area (Å²) in [5.74, 6) is -2.72. The van der Waals surface area contributed by atoms with E-state index in [0.717, 1.165) is 34.7 Å². The second-order valence-corrected chi connectivity index (χ2v) is 8.68. The molecular formula is C22H20ClF3N4O3S. The molecule has 0 bridgehead atoms. The quantitative estimate of drug-likeness (QED) is 0.357. The number of nitrogens with one attached hydrogen (secondary N) is 1. The zero-order valence-corrected chi connectivity index (χ0v) is 19.1. The topological polar surface area (TPSA) is 112 Å². The minimum absolute atomic E-state index is 0.0385. The lowest BCUT2D eigenvalue weighted by Crippen LogP contribution is -2.33. The van der Waals surface area contributed by atoms with Crippen LogP contribution in [-0.2, 0) is 16.1 Å². The van der Waals surface area contributed by atoms with Crippen LogP contribution in [0.15, 0.2) is 54.0 Å². The van der Waals surface area contributed by atoms with Crippen LogP contribution in [-0.4, -0.2) is 50.6 Å². The van der Waals surface area contributed by atoms with Crippen LogP contribution in [0.25, 0.3) is 21.1 Å². The summed E-state index contributed by atoms with van der Waals surface area (Å²) in [5.41, 5.74) is 8.61. The van der Waals surface area contributed by atoms with Crippen LogP contribution in [0.1, 0.15) is 12.1 Å². The fourth-order valence-electron chi connectivity index (χ4n) is 3.15. The number of carboxylic acid groups (broad SMARTS) is 1. The Morgan fingerprint density at radius 3 is 2.65 bits per heavy atom. The van der Waals surface area contributed by atoms with Crippen molar-refractivity contribution < 1.29 is 27.9 Å². The highest BCUT2D eigenvalue weighted by Gasteiger charge is 2.38. The highest BCUT2D eigenvalue weighted by Crippen LogP contribution is 2.23. The van der Waals surface area contributed by atoms with E-state index in [1.54, 1.807) is 22.4 Å². The number of thiophene rings is 1. The number of nitrogens with zero attached hydrogens (tertiary/aromatic N) is 2. The van der Waals surface area contributed by atoms with Crippen LogP contribution >= 0.6 is 22.9 Å². The number of carbonyl (C=O) groups excluding carboxylic acids is 1. The summed E-state index contributed by atoms with van der Waals surface area (Å²) in [4.78, 5) is 29.9. The van der Waals surface area contributed by atoms with Crippen LogP contribution in [0.3, 0.4) is 0 Å². The number of carbonyl (C=O) groups is 2. The molecule has 1 saturated heterocycles. The van der Waals surface area contributed by atoms with Gasteiger partial charge in [0.2, 0.25) is 5.91 Å². The van der Waals surface area contributed by atoms with Gasteiger partial charge >= 0.3 is 12.1 Å². The number of amides is 1. The minimum atomic E-state index is -5.08. The van der Waals surface area contributed by atoms with Crippen molar-refractivity contribution in [3.8, 4) is 0 Å². The van der Waals surface area contributed by atoms with Crippen LogP contribution in [0.5, 0.6) is 0 Å². The zero-order valence-electron chi connectivity index (χ0n) is 17.6. The van der Waals surface area contributed by atoms with Crippen molar-refractivity contribution >= 4 is 55.9 Å². The summed E-state index contributed by atoms with van der Waals surface area (Å²) in [6.07, 6.45) is -2.58. The van der Waals surface area contributed by atoms with Gasteiger partial charge in [0, 0.05) is 28.2 Å². The van der Waals surface area contributed by atoms with E-state index < -0.39 is 12.1 Å². The van der Waals surface area contributed by atoms with Gasteiger partial charge in [0.15, 0.2) is 0 Å². The average Bonchev–Trinajstić information content (AvgIpc) is 3.48. The van der Waals surface area contributed by atoms with E-state index in [-0.39, 0.29) is 11.9 Å². The third-order valence-electron chi connectivity index (χ3n) is 4.81. The largest absolute Gasteiger partial charge is 0.490 e. The molecule has 34 heavy (non-hydrogen) atoms. The maximum absolute atomic E-state index is 11.7. The molecule has 1 fully saturated rings. The Morgan fingerprint density at radius 2 is 2.03 bits per heavy atom. The number of hydrogen-bond acceptors (Lipinski definition) is 5. The molecule has 4 aromatic rings. The molecule has 180 valence electrons. The second-order valence-electron chi connectivity index (χ2n) is 7.29. The van der Waals surface area contributed by atoms with Gasteiger partial charge in [-0.1, -0.05) is 17.7 Å². The molecule has 4 heterocycles. The Bertz CT molecular complexity index is 1260. The van der Waals surface area contributed by atoms with Crippen molar-refractivity contribution in [2.75, 3.05) is 6.54 Å². The number of pyridine rings is 1. The highest BCUT2D eigenvalue weighted by atomic mass is 35.5. The number of benzene rings is 1. The van der Waals surface area contributed by atoms with E-state index in [4.69, 9.17) is 27.2 Å². The number of aromatic amines is 1. The SMILES string of the molecule is Clc1ccc2ccsc2c1.N[C@H]1CCN(Cc2cc3ncccc3[nH]2)C1=O.O=C(O)C(F)(F)F. The van der Waals surface area contributed by atoms with Gasteiger partial charge in [-0.3, -0.25) is 9.78 Å². The molecule has 4 N–H and O–H groups in total. The summed E-state index contributed by atoms with van der Waals surface area (Å²) < 4.78 is 33.0. The third-order valence-corrected chi connectivity index (χ3v) is 5.92. The normalized spacial score (nSPS) is 15.6. The predicted octanol–water partition coefficient (Wildman–Crippen LogP) is 4.81. The first-order chi connectivity index (χ1) is 16.0. The number of fused-ring (bicyclic) bond motifs is 2. The van der Waals surface area contributed by atoms with Crippen molar-refractivity contribution in [1.82, 2.24) is 14.9 Å². The molecule has 0 spiro atoms. The standard InChI is InChI=1S/C12H14N4O.C8H5ClS.C2HF3O2/c13-9-3-5-16(12(9)17)7-8-6-11-10(15-8)2-1-4-14-11;9-7-2-1-6-3-4-10-8(6)5-7;3-2(4,5)1(6)7/h1-2,4,6,9,15H,3,5,7,13H2;1-5H;(H,6,7)/t9-;;/m0../s1. The van der Waals surface area contributed by atoms with Crippen LogP contribution < -0.4 is 5.73 Å². The first-order valence-corrected chi connectivity index (χ1v) is 11.2. The lowest BCUT2D eigenvalue weighted by molar-refractivity contribution is -0.192. The lowest BCUT2D eigenvalue weighted by Gasteiger charge is -2.14. The molecule has 0 saturated carbocycles. The fraction of sp³-hybridized carbons (Fsp3) is 0.227. The number of aliphatic carboxylic acids is 1. The number of halogens is 4. The molecule has 1 aliphatic heterocycles. The van der Waals surface area contributed by atoms with Crippen molar-refractivity contribution in [2.24, 2.45) is 5.73 Å². The average molecular weight is 513 g/mol. The molecular weight excluding hydrogens is 493 g/mol. The van der Waals surface area contributed by atoms with E-state index in [9.17, 15) is 18.0 Å². The van der Waals surface area contributed by atoms with Crippen molar-refractivity contribution in [1.29, 1.82) is 0 Å². The molecule has 1 amide bonds. The van der Waals surface area contributed by atoms with Crippen LogP contribution in [0.2, 0.25) is 5.02 Å². The first kappa shape index (κ1) is 25.5. The molecule has 12 heteroatoms. The number of hydrogen-bond donors (Lipinski definition) is 3. The van der Waals surface area contributed by atoms with Crippen molar-refractivity contribution in [2.45, 2.75) is 25.2 Å². The molecule has 1 aromatic carbocycles. The molecule has 0 radical (unpaired) electrons. The fourth-order valence-corrected chi connectivity index (χ4v) is 4.22. The van der Waals surface area contributed by atoms with Crippen LogP contribution in [0, 0.1) is 0 Å². The summed E-state index contributed by atoms with van der Waals surface area (Å²) in [7, 11) is 0. The maximum Gasteiger partial charge on any atom is 0.490 e. The maximum atomic E-state index is 11.7. The molecule has 7 nitrogen and oxygen atoms in total.